The van der Waals surface area contributed by atoms with Crippen molar-refractivity contribution in [1.29, 1.82) is 0 Å². The van der Waals surface area contributed by atoms with Gasteiger partial charge in [-0.3, -0.25) is 9.78 Å². The van der Waals surface area contributed by atoms with Gasteiger partial charge in [0.15, 0.2) is 5.11 Å². The first kappa shape index (κ1) is 18.4. The molecule has 1 fully saturated rings. The number of nitrogens with one attached hydrogen (secondary N) is 1. The molecule has 0 unspecified atom stereocenters. The van der Waals surface area contributed by atoms with Crippen LogP contribution in [0.1, 0.15) is 42.0 Å². The lowest BCUT2D eigenvalue weighted by molar-refractivity contribution is -0.140. The summed E-state index contributed by atoms with van der Waals surface area (Å²) in [5.41, 5.74) is 3.31. The maximum Gasteiger partial charge on any atom is 0.305 e. The van der Waals surface area contributed by atoms with Crippen LogP contribution < -0.4 is 5.32 Å². The third-order valence-electron chi connectivity index (χ3n) is 4.92. The minimum absolute atomic E-state index is 0.0220. The third-order valence-corrected chi connectivity index (χ3v) is 5.27. The summed E-state index contributed by atoms with van der Waals surface area (Å²) >= 11 is 5.61. The summed E-state index contributed by atoms with van der Waals surface area (Å²) in [4.78, 5) is 18.1. The monoisotopic (exact) mass is 372 g/mol. The zero-order chi connectivity index (χ0) is 18.7. The van der Waals surface area contributed by atoms with Crippen LogP contribution in [0.4, 0.5) is 0 Å². The van der Waals surface area contributed by atoms with Crippen LogP contribution in [0.2, 0.25) is 0 Å². The van der Waals surface area contributed by atoms with Crippen LogP contribution >= 0.6 is 12.2 Å². The van der Waals surface area contributed by atoms with E-state index in [4.69, 9.17) is 17.0 Å². The van der Waals surface area contributed by atoms with Gasteiger partial charge in [0.1, 0.15) is 0 Å². The largest absolute Gasteiger partial charge is 0.469 e. The number of aromatic nitrogens is 2. The van der Waals surface area contributed by atoms with E-state index in [0.29, 0.717) is 24.5 Å². The number of nitrogens with zero attached hydrogens (tertiary/aromatic N) is 3. The topological polar surface area (TPSA) is 59.4 Å². The Balaban J connectivity index is 1.90. The fourth-order valence-corrected chi connectivity index (χ4v) is 3.73. The third kappa shape index (κ3) is 3.58. The highest BCUT2D eigenvalue weighted by molar-refractivity contribution is 7.80. The van der Waals surface area contributed by atoms with Crippen LogP contribution in [0.5, 0.6) is 0 Å². The van der Waals surface area contributed by atoms with Crippen LogP contribution in [-0.2, 0) is 16.6 Å². The molecule has 0 bridgehead atoms. The number of carbonyl (C=O) groups excluding carboxylic acids is 1. The fourth-order valence-electron chi connectivity index (χ4n) is 3.39. The van der Waals surface area contributed by atoms with E-state index in [1.54, 1.807) is 6.20 Å². The van der Waals surface area contributed by atoms with Crippen molar-refractivity contribution in [3.63, 3.8) is 0 Å². The van der Waals surface area contributed by atoms with Crippen LogP contribution in [0.25, 0.3) is 0 Å². The molecule has 26 heavy (non-hydrogen) atoms. The molecule has 1 saturated heterocycles. The molecule has 1 aliphatic rings. The van der Waals surface area contributed by atoms with Gasteiger partial charge in [-0.05, 0) is 49.8 Å². The second-order valence-electron chi connectivity index (χ2n) is 6.46. The summed E-state index contributed by atoms with van der Waals surface area (Å²) in [5, 5.41) is 4.11. The number of ether oxygens (including phenoxy) is 1. The highest BCUT2D eigenvalue weighted by Crippen LogP contribution is 2.39. The Bertz CT molecular complexity index is 790. The Morgan fingerprint density at radius 1 is 1.35 bits per heavy atom. The molecule has 2 aromatic rings. The molecular weight excluding hydrogens is 348 g/mol. The van der Waals surface area contributed by atoms with E-state index in [-0.39, 0.29) is 18.1 Å². The normalized spacial score (nSPS) is 19.5. The Kier molecular flexibility index (Phi) is 5.56. The summed E-state index contributed by atoms with van der Waals surface area (Å²) in [6.45, 7) is 2.76. The highest BCUT2D eigenvalue weighted by atomic mass is 32.1. The molecule has 1 N–H and O–H groups in total. The number of carbonyl (C=O) groups is 1. The second-order valence-corrected chi connectivity index (χ2v) is 6.84. The number of aryl methyl sites for hydroxylation is 1. The minimum atomic E-state index is -0.199. The minimum Gasteiger partial charge on any atom is -0.469 e. The molecule has 0 spiro atoms. The zero-order valence-corrected chi connectivity index (χ0v) is 16.1. The highest BCUT2D eigenvalue weighted by Gasteiger charge is 2.40. The van der Waals surface area contributed by atoms with Gasteiger partial charge in [0.2, 0.25) is 0 Å². The molecule has 3 heterocycles. The average Bonchev–Trinajstić information content (AvgIpc) is 3.15. The van der Waals surface area contributed by atoms with Gasteiger partial charge < -0.3 is 19.5 Å². The number of hydrogen-bond donors (Lipinski definition) is 1. The van der Waals surface area contributed by atoms with E-state index in [9.17, 15) is 4.79 Å². The van der Waals surface area contributed by atoms with E-state index in [1.807, 2.05) is 18.2 Å². The average molecular weight is 372 g/mol. The van der Waals surface area contributed by atoms with Gasteiger partial charge in [0.25, 0.3) is 0 Å². The van der Waals surface area contributed by atoms with Gasteiger partial charge in [-0.15, -0.1) is 0 Å². The molecule has 2 aromatic heterocycles. The van der Waals surface area contributed by atoms with Crippen molar-refractivity contribution in [2.45, 2.75) is 31.8 Å². The molecule has 6 nitrogen and oxygen atoms in total. The number of pyridine rings is 1. The van der Waals surface area contributed by atoms with E-state index < -0.39 is 0 Å². The quantitative estimate of drug-likeness (QED) is 0.621. The lowest BCUT2D eigenvalue weighted by atomic mass is 10.0. The van der Waals surface area contributed by atoms with E-state index in [1.165, 1.54) is 18.5 Å². The van der Waals surface area contributed by atoms with Crippen molar-refractivity contribution in [2.75, 3.05) is 13.7 Å². The molecular formula is C19H24N4O2S. The van der Waals surface area contributed by atoms with Gasteiger partial charge in [-0.2, -0.15) is 0 Å². The Morgan fingerprint density at radius 3 is 2.77 bits per heavy atom. The maximum absolute atomic E-state index is 11.5. The summed E-state index contributed by atoms with van der Waals surface area (Å²) in [6.07, 6.45) is 2.86. The Labute approximate surface area is 159 Å². The summed E-state index contributed by atoms with van der Waals surface area (Å²) < 4.78 is 6.93. The van der Waals surface area contributed by atoms with Crippen molar-refractivity contribution >= 4 is 23.3 Å². The molecule has 7 heteroatoms. The predicted octanol–water partition coefficient (Wildman–Crippen LogP) is 2.65. The smallest absolute Gasteiger partial charge is 0.305 e. The predicted molar refractivity (Wildman–Crippen MR) is 104 cm³/mol. The van der Waals surface area contributed by atoms with Gasteiger partial charge >= 0.3 is 5.97 Å². The van der Waals surface area contributed by atoms with Crippen molar-refractivity contribution in [2.24, 2.45) is 7.05 Å². The summed E-state index contributed by atoms with van der Waals surface area (Å²) in [5.74, 6) is -0.199. The van der Waals surface area contributed by atoms with E-state index in [2.05, 4.69) is 45.9 Å². The molecule has 0 radical (unpaired) electrons. The van der Waals surface area contributed by atoms with Gasteiger partial charge in [0, 0.05) is 37.6 Å². The number of methoxy groups -OCH3 is 1. The van der Waals surface area contributed by atoms with Crippen molar-refractivity contribution in [3.05, 3.63) is 53.6 Å². The Hall–Kier alpha value is -2.41. The SMILES string of the molecule is COC(=O)CCCN1C(=S)N[C@@H](c2ccccn2)[C@@H]1c1ccc(C)n1C. The van der Waals surface area contributed by atoms with Crippen molar-refractivity contribution < 1.29 is 9.53 Å². The van der Waals surface area contributed by atoms with E-state index in [0.717, 1.165) is 5.69 Å². The van der Waals surface area contributed by atoms with E-state index >= 15 is 0 Å². The number of rotatable bonds is 6. The molecule has 3 rings (SSSR count). The molecule has 138 valence electrons. The number of esters is 1. The summed E-state index contributed by atoms with van der Waals surface area (Å²) in [6, 6.07) is 10.1. The van der Waals surface area contributed by atoms with Crippen LogP contribution in [0.3, 0.4) is 0 Å². The molecule has 1 aliphatic heterocycles. The Morgan fingerprint density at radius 2 is 2.15 bits per heavy atom. The summed E-state index contributed by atoms with van der Waals surface area (Å²) in [7, 11) is 3.48. The second kappa shape index (κ2) is 7.86. The lowest BCUT2D eigenvalue weighted by Gasteiger charge is -2.28. The first-order valence-electron chi connectivity index (χ1n) is 8.70. The van der Waals surface area contributed by atoms with Gasteiger partial charge in [0.05, 0.1) is 24.9 Å². The van der Waals surface area contributed by atoms with Gasteiger partial charge in [-0.1, -0.05) is 6.07 Å². The fraction of sp³-hybridized carbons (Fsp3) is 0.421. The number of thiocarbonyl (C=S) groups is 1. The molecule has 0 saturated carbocycles. The van der Waals surface area contributed by atoms with Crippen LogP contribution in [-0.4, -0.2) is 39.2 Å². The first-order chi connectivity index (χ1) is 12.5. The standard InChI is InChI=1S/C19H24N4O2S/c1-13-9-10-15(22(13)2)18-17(14-7-4-5-11-20-14)21-19(26)23(18)12-6-8-16(24)25-3/h4-5,7,9-11,17-18H,6,8,12H2,1-3H3,(H,21,26)/t17-,18-/m0/s1. The number of hydrogen-bond acceptors (Lipinski definition) is 4. The molecule has 0 amide bonds. The van der Waals surface area contributed by atoms with Crippen LogP contribution in [0.15, 0.2) is 36.5 Å². The zero-order valence-electron chi connectivity index (χ0n) is 15.3. The molecule has 0 aliphatic carbocycles. The van der Waals surface area contributed by atoms with Crippen LogP contribution in [0, 0.1) is 6.92 Å². The molecule has 2 atom stereocenters. The van der Waals surface area contributed by atoms with Gasteiger partial charge in [-0.25, -0.2) is 0 Å². The lowest BCUT2D eigenvalue weighted by Crippen LogP contribution is -2.31. The van der Waals surface area contributed by atoms with Crippen molar-refractivity contribution in [3.8, 4) is 0 Å². The maximum atomic E-state index is 11.5. The van der Waals surface area contributed by atoms with Crippen molar-refractivity contribution in [1.82, 2.24) is 19.8 Å². The molecule has 0 aromatic carbocycles. The first-order valence-corrected chi connectivity index (χ1v) is 9.11.